The Morgan fingerprint density at radius 2 is 1.46 bits per heavy atom. The lowest BCUT2D eigenvalue weighted by Crippen LogP contribution is -2.58. The molecule has 0 spiro atoms. The molecule has 2 aliphatic rings. The van der Waals surface area contributed by atoms with Crippen molar-refractivity contribution in [3.8, 4) is 11.5 Å². The van der Waals surface area contributed by atoms with Crippen LogP contribution in [0.3, 0.4) is 0 Å². The maximum absolute atomic E-state index is 14.0. The number of nitrogens with one attached hydrogen (secondary N) is 6. The van der Waals surface area contributed by atoms with E-state index in [1.807, 2.05) is 0 Å². The Labute approximate surface area is 340 Å². The van der Waals surface area contributed by atoms with Gasteiger partial charge in [0.05, 0.1) is 19.2 Å². The molecule has 7 amide bonds. The summed E-state index contributed by atoms with van der Waals surface area (Å²) in [7, 11) is 0. The molecule has 59 heavy (non-hydrogen) atoms. The third-order valence-corrected chi connectivity index (χ3v) is 10.3. The molecule has 5 rings (SSSR count). The highest BCUT2D eigenvalue weighted by atomic mass is 16.3. The van der Waals surface area contributed by atoms with E-state index in [1.54, 1.807) is 60.7 Å². The van der Waals surface area contributed by atoms with Gasteiger partial charge in [0.15, 0.2) is 0 Å². The summed E-state index contributed by atoms with van der Waals surface area (Å²) in [6.45, 7) is 0.655. The number of phenolic OH excluding ortho intramolecular Hbond substituents is 2. The third-order valence-electron chi connectivity index (χ3n) is 10.3. The Morgan fingerprint density at radius 3 is 2.15 bits per heavy atom. The highest BCUT2D eigenvalue weighted by molar-refractivity contribution is 5.96. The normalized spacial score (nSPS) is 17.9. The van der Waals surface area contributed by atoms with Gasteiger partial charge >= 0.3 is 0 Å². The lowest BCUT2D eigenvalue weighted by molar-refractivity contribution is -0.142. The quantitative estimate of drug-likeness (QED) is 0.0722. The number of amides is 7. The lowest BCUT2D eigenvalue weighted by atomic mass is 9.95. The van der Waals surface area contributed by atoms with Crippen LogP contribution in [-0.4, -0.2) is 118 Å². The number of phenols is 2. The van der Waals surface area contributed by atoms with E-state index < -0.39 is 90.8 Å². The van der Waals surface area contributed by atoms with Gasteiger partial charge < -0.3 is 57.9 Å². The molecule has 0 saturated carbocycles. The first-order valence-corrected chi connectivity index (χ1v) is 19.3. The van der Waals surface area contributed by atoms with Gasteiger partial charge in [0.2, 0.25) is 41.4 Å². The largest absolute Gasteiger partial charge is 0.508 e. The van der Waals surface area contributed by atoms with Crippen molar-refractivity contribution < 1.29 is 48.9 Å². The lowest BCUT2D eigenvalue weighted by Gasteiger charge is -2.29. The molecule has 18 nitrogen and oxygen atoms in total. The van der Waals surface area contributed by atoms with Gasteiger partial charge in [0.25, 0.3) is 0 Å². The molecule has 0 radical (unpaired) electrons. The van der Waals surface area contributed by atoms with Crippen LogP contribution in [0, 0.1) is 0 Å². The molecule has 0 bridgehead atoms. The number of primary amides is 1. The van der Waals surface area contributed by atoms with Crippen LogP contribution in [0.4, 0.5) is 0 Å². The summed E-state index contributed by atoms with van der Waals surface area (Å²) in [5, 5.41) is 45.0. The van der Waals surface area contributed by atoms with Gasteiger partial charge in [-0.3, -0.25) is 33.6 Å². The van der Waals surface area contributed by atoms with Crippen LogP contribution >= 0.6 is 0 Å². The number of rotatable bonds is 17. The number of aliphatic hydroxyl groups excluding tert-OH is 1. The highest BCUT2D eigenvalue weighted by Crippen LogP contribution is 2.23. The Kier molecular flexibility index (Phi) is 15.0. The smallest absolute Gasteiger partial charge is 0.246 e. The number of benzene rings is 3. The number of likely N-dealkylation sites (tertiary alicyclic amines) is 1. The number of nitrogens with zero attached hydrogens (tertiary/aromatic N) is 1. The average molecular weight is 815 g/mol. The van der Waals surface area contributed by atoms with Gasteiger partial charge in [0.1, 0.15) is 41.7 Å². The number of hydrogen-bond acceptors (Lipinski definition) is 11. The Morgan fingerprint density at radius 1 is 0.780 bits per heavy atom. The fraction of sp³-hybridized carbons (Fsp3) is 0.390. The number of fused-ring (bicyclic) bond motifs is 1. The Hall–Kier alpha value is -6.53. The molecule has 0 unspecified atom stereocenters. The predicted octanol–water partition coefficient (Wildman–Crippen LogP) is -1.86. The molecule has 3 aromatic carbocycles. The van der Waals surface area contributed by atoms with E-state index in [0.717, 1.165) is 11.1 Å². The molecule has 3 aromatic rings. The summed E-state index contributed by atoms with van der Waals surface area (Å²) in [5.41, 5.74) is 8.28. The van der Waals surface area contributed by atoms with Crippen LogP contribution in [0.2, 0.25) is 0 Å². The van der Waals surface area contributed by atoms with E-state index in [1.165, 1.54) is 24.0 Å². The zero-order valence-electron chi connectivity index (χ0n) is 32.5. The van der Waals surface area contributed by atoms with E-state index in [-0.39, 0.29) is 37.3 Å². The molecule has 2 heterocycles. The van der Waals surface area contributed by atoms with E-state index in [4.69, 9.17) is 5.73 Å². The molecular weight excluding hydrogens is 764 g/mol. The van der Waals surface area contributed by atoms with Crippen molar-refractivity contribution in [1.29, 1.82) is 0 Å². The van der Waals surface area contributed by atoms with Crippen LogP contribution in [0.15, 0.2) is 72.8 Å². The van der Waals surface area contributed by atoms with Crippen molar-refractivity contribution in [2.75, 3.05) is 19.7 Å². The van der Waals surface area contributed by atoms with Gasteiger partial charge in [-0.2, -0.15) is 0 Å². The average Bonchev–Trinajstić information content (AvgIpc) is 3.72. The molecule has 0 aliphatic carbocycles. The van der Waals surface area contributed by atoms with Gasteiger partial charge in [0, 0.05) is 25.9 Å². The summed E-state index contributed by atoms with van der Waals surface area (Å²) < 4.78 is 0. The summed E-state index contributed by atoms with van der Waals surface area (Å²) in [5.74, 6) is -4.71. The molecule has 314 valence electrons. The van der Waals surface area contributed by atoms with E-state index in [9.17, 15) is 48.9 Å². The summed E-state index contributed by atoms with van der Waals surface area (Å²) in [4.78, 5) is 93.6. The zero-order chi connectivity index (χ0) is 42.6. The van der Waals surface area contributed by atoms with E-state index in [2.05, 4.69) is 31.9 Å². The first-order valence-electron chi connectivity index (χ1n) is 19.3. The number of carbonyl (C=O) groups is 7. The predicted molar refractivity (Wildman–Crippen MR) is 212 cm³/mol. The van der Waals surface area contributed by atoms with Crippen molar-refractivity contribution in [2.24, 2.45) is 5.73 Å². The van der Waals surface area contributed by atoms with Crippen LogP contribution in [-0.2, 0) is 59.4 Å². The second-order valence-corrected chi connectivity index (χ2v) is 14.6. The minimum absolute atomic E-state index is 0.0172. The summed E-state index contributed by atoms with van der Waals surface area (Å²) >= 11 is 0. The molecule has 18 heteroatoms. The SMILES string of the molecule is C[C@@H](NC(=O)[C@@H]1Cc2ccc(O)cc2CN1)C(=O)N[C@@H](Cc1ccccc1)C(=O)NCC(=O)N[C@@H](Cc1ccc(O)cc1)C(=O)N1CCC[C@H]1C(=O)N[C@@H](CO)C(N)=O. The summed E-state index contributed by atoms with van der Waals surface area (Å²) in [6.07, 6.45) is 1.03. The maximum Gasteiger partial charge on any atom is 0.246 e. The van der Waals surface area contributed by atoms with Gasteiger partial charge in [-0.15, -0.1) is 0 Å². The molecule has 11 N–H and O–H groups in total. The molecule has 2 aliphatic heterocycles. The van der Waals surface area contributed by atoms with Crippen LogP contribution in [0.5, 0.6) is 11.5 Å². The van der Waals surface area contributed by atoms with Gasteiger partial charge in [-0.25, -0.2) is 0 Å². The number of hydrogen-bond donors (Lipinski definition) is 10. The molecule has 1 fully saturated rings. The van der Waals surface area contributed by atoms with Gasteiger partial charge in [-0.1, -0.05) is 48.5 Å². The van der Waals surface area contributed by atoms with Crippen LogP contribution < -0.4 is 37.6 Å². The van der Waals surface area contributed by atoms with E-state index >= 15 is 0 Å². The topological polar surface area (TPSA) is 282 Å². The first-order chi connectivity index (χ1) is 28.2. The maximum atomic E-state index is 14.0. The number of aromatic hydroxyl groups is 2. The second kappa shape index (κ2) is 20.2. The zero-order valence-corrected chi connectivity index (χ0v) is 32.5. The number of nitrogens with two attached hydrogens (primary N) is 1. The van der Waals surface area contributed by atoms with Crippen molar-refractivity contribution >= 4 is 41.4 Å². The fourth-order valence-electron chi connectivity index (χ4n) is 7.00. The van der Waals surface area contributed by atoms with Crippen molar-refractivity contribution in [3.05, 3.63) is 95.1 Å². The number of aliphatic hydroxyl groups is 1. The highest BCUT2D eigenvalue weighted by Gasteiger charge is 2.39. The van der Waals surface area contributed by atoms with E-state index in [0.29, 0.717) is 30.5 Å². The van der Waals surface area contributed by atoms with Crippen LogP contribution in [0.25, 0.3) is 0 Å². The van der Waals surface area contributed by atoms with Crippen molar-refractivity contribution in [3.63, 3.8) is 0 Å². The standard InChI is InChI=1S/C41H50N8O10/c1-23(45-39(57)30-19-26-11-14-29(52)18-27(26)20-43-30)37(55)47-31(16-24-6-3-2-4-7-24)38(56)44-21-35(53)46-32(17-25-9-12-28(51)13-10-25)41(59)49-15-5-8-34(49)40(58)48-33(22-50)36(42)54/h2-4,6-7,9-14,18,23,30-34,43,50-52H,5,8,15-17,19-22H2,1H3,(H2,42,54)(H,44,56)(H,45,57)(H,46,53)(H,47,55)(H,48,58)/t23-,30+,31+,32+,33+,34+/m1/s1. The Balaban J connectivity index is 1.23. The molecule has 6 atom stereocenters. The van der Waals surface area contributed by atoms with Gasteiger partial charge in [-0.05, 0) is 72.7 Å². The van der Waals surface area contributed by atoms with Crippen molar-refractivity contribution in [1.82, 2.24) is 36.8 Å². The van der Waals surface area contributed by atoms with Crippen molar-refractivity contribution in [2.45, 2.75) is 81.8 Å². The first kappa shape index (κ1) is 43.6. The number of carbonyl (C=O) groups excluding carboxylic acids is 7. The minimum atomic E-state index is -1.36. The Bertz CT molecular complexity index is 2010. The monoisotopic (exact) mass is 814 g/mol. The fourth-order valence-corrected chi connectivity index (χ4v) is 7.00. The summed E-state index contributed by atoms with van der Waals surface area (Å²) in [6, 6.07) is 13.3. The molecule has 0 aromatic heterocycles. The molecular formula is C41H50N8O10. The second-order valence-electron chi connectivity index (χ2n) is 14.6. The minimum Gasteiger partial charge on any atom is -0.508 e. The third kappa shape index (κ3) is 12.0. The van der Waals surface area contributed by atoms with Crippen LogP contribution in [0.1, 0.15) is 42.0 Å². The molecule has 1 saturated heterocycles.